The molecule has 1 N–H and O–H groups in total. The van der Waals surface area contributed by atoms with Crippen molar-refractivity contribution in [2.45, 2.75) is 38.0 Å². The lowest BCUT2D eigenvalue weighted by molar-refractivity contribution is -0.0221. The second-order valence-corrected chi connectivity index (χ2v) is 9.09. The molecule has 2 aromatic rings. The quantitative estimate of drug-likeness (QED) is 0.626. The van der Waals surface area contributed by atoms with E-state index < -0.39 is 28.4 Å². The number of hydrogen-bond donors (Lipinski definition) is 1. The summed E-state index contributed by atoms with van der Waals surface area (Å²) in [6.07, 6.45) is 4.04. The molecule has 2 saturated heterocycles. The molecule has 2 aliphatic rings. The van der Waals surface area contributed by atoms with E-state index in [9.17, 15) is 26.8 Å². The van der Waals surface area contributed by atoms with E-state index in [1.807, 2.05) is 0 Å². The highest BCUT2D eigenvalue weighted by Gasteiger charge is 2.35. The molecule has 0 atom stereocenters. The van der Waals surface area contributed by atoms with Gasteiger partial charge in [0.15, 0.2) is 0 Å². The topological polar surface area (TPSA) is 134 Å². The van der Waals surface area contributed by atoms with Crippen molar-refractivity contribution in [1.82, 2.24) is 9.97 Å². The van der Waals surface area contributed by atoms with E-state index >= 15 is 0 Å². The predicted octanol–water partition coefficient (Wildman–Crippen LogP) is 3.52. The molecule has 0 saturated carbocycles. The van der Waals surface area contributed by atoms with E-state index in [4.69, 9.17) is 4.74 Å². The van der Waals surface area contributed by atoms with Crippen molar-refractivity contribution in [2.75, 3.05) is 41.3 Å². The van der Waals surface area contributed by atoms with Crippen LogP contribution >= 0.6 is 0 Å². The van der Waals surface area contributed by atoms with Crippen molar-refractivity contribution in [3.8, 4) is 5.88 Å². The Morgan fingerprint density at radius 1 is 1.03 bits per heavy atom. The molecule has 2 aromatic heterocycles. The maximum atomic E-state index is 13.7. The zero-order valence-corrected chi connectivity index (χ0v) is 20.0. The fourth-order valence-electron chi connectivity index (χ4n) is 4.15. The van der Waals surface area contributed by atoms with Gasteiger partial charge in [0.25, 0.3) is 11.8 Å². The highest BCUT2D eigenvalue weighted by atomic mass is 32.2. The number of aromatic nitrogens is 2. The zero-order chi connectivity index (χ0) is 25.7. The zero-order valence-electron chi connectivity index (χ0n) is 19.2. The van der Waals surface area contributed by atoms with Crippen LogP contribution in [0.4, 0.5) is 30.8 Å². The molecule has 0 spiro atoms. The van der Waals surface area contributed by atoms with E-state index in [0.29, 0.717) is 5.82 Å². The largest absolute Gasteiger partial charge is 0.455 e. The van der Waals surface area contributed by atoms with Gasteiger partial charge in [0.05, 0.1) is 17.4 Å². The Morgan fingerprint density at radius 2 is 1.75 bits per heavy atom. The van der Waals surface area contributed by atoms with E-state index in [0.717, 1.165) is 38.0 Å². The Balaban J connectivity index is 1.59. The number of nitrogens with zero attached hydrogens (tertiary/aromatic N) is 5. The van der Waals surface area contributed by atoms with Crippen LogP contribution in [0.25, 0.3) is 0 Å². The van der Waals surface area contributed by atoms with Gasteiger partial charge in [-0.25, -0.2) is 23.5 Å². The van der Waals surface area contributed by atoms with Gasteiger partial charge in [0.2, 0.25) is 5.88 Å². The molecule has 0 bridgehead atoms. The first kappa shape index (κ1) is 25.4. The summed E-state index contributed by atoms with van der Waals surface area (Å²) in [6.45, 7) is 1.78. The number of piperidine rings is 2. The SMILES string of the molecule is O=C(N=S(=O)=O)Oc1cc(NC(=O)c2cc(N3CCCCC3)cnc2N2CCC(F)(F)CC2)ccn1. The van der Waals surface area contributed by atoms with Gasteiger partial charge in [-0.3, -0.25) is 4.79 Å². The number of rotatable bonds is 5. The summed E-state index contributed by atoms with van der Waals surface area (Å²) in [7, 11) is -2.98. The average molecular weight is 523 g/mol. The molecule has 2 aliphatic heterocycles. The van der Waals surface area contributed by atoms with Crippen LogP contribution in [-0.4, -0.2) is 62.5 Å². The third-order valence-electron chi connectivity index (χ3n) is 5.95. The van der Waals surface area contributed by atoms with Crippen LogP contribution in [0.5, 0.6) is 5.88 Å². The second kappa shape index (κ2) is 10.9. The molecule has 4 rings (SSSR count). The number of ether oxygens (including phenoxy) is 1. The summed E-state index contributed by atoms with van der Waals surface area (Å²) in [5.41, 5.74) is 1.19. The van der Waals surface area contributed by atoms with Crippen molar-refractivity contribution >= 4 is 39.7 Å². The summed E-state index contributed by atoms with van der Waals surface area (Å²) in [5.74, 6) is -3.25. The van der Waals surface area contributed by atoms with Crippen molar-refractivity contribution in [3.05, 3.63) is 36.2 Å². The first-order valence-electron chi connectivity index (χ1n) is 11.4. The molecule has 2 fully saturated rings. The molecule has 4 heterocycles. The Morgan fingerprint density at radius 3 is 2.44 bits per heavy atom. The van der Waals surface area contributed by atoms with E-state index in [2.05, 4.69) is 24.5 Å². The Bertz CT molecular complexity index is 1270. The normalized spacial score (nSPS) is 17.3. The van der Waals surface area contributed by atoms with Crippen molar-refractivity contribution in [1.29, 1.82) is 0 Å². The Labute approximate surface area is 207 Å². The minimum Gasteiger partial charge on any atom is -0.389 e. The third kappa shape index (κ3) is 6.50. The lowest BCUT2D eigenvalue weighted by Crippen LogP contribution is -2.40. The summed E-state index contributed by atoms with van der Waals surface area (Å²) in [6, 6.07) is 4.38. The summed E-state index contributed by atoms with van der Waals surface area (Å²) in [5, 5.41) is 2.68. The predicted molar refractivity (Wildman–Crippen MR) is 126 cm³/mol. The van der Waals surface area contributed by atoms with Gasteiger partial charge in [-0.2, -0.15) is 8.42 Å². The molecule has 14 heteroatoms. The van der Waals surface area contributed by atoms with Crippen LogP contribution in [0.2, 0.25) is 0 Å². The number of anilines is 3. The van der Waals surface area contributed by atoms with Crippen molar-refractivity contribution in [2.24, 2.45) is 4.36 Å². The van der Waals surface area contributed by atoms with Gasteiger partial charge in [-0.15, -0.1) is 0 Å². The van der Waals surface area contributed by atoms with Gasteiger partial charge < -0.3 is 19.9 Å². The molecule has 0 aliphatic carbocycles. The highest BCUT2D eigenvalue weighted by molar-refractivity contribution is 7.62. The van der Waals surface area contributed by atoms with Crippen LogP contribution in [0.3, 0.4) is 0 Å². The van der Waals surface area contributed by atoms with E-state index in [1.54, 1.807) is 17.2 Å². The molecule has 0 unspecified atom stereocenters. The maximum Gasteiger partial charge on any atom is 0.455 e. The molecule has 11 nitrogen and oxygen atoms in total. The number of halogens is 2. The van der Waals surface area contributed by atoms with Crippen LogP contribution in [0.15, 0.2) is 35.0 Å². The minimum atomic E-state index is -2.98. The van der Waals surface area contributed by atoms with E-state index in [-0.39, 0.29) is 43.1 Å². The molecular formula is C22H24F2N6O5S. The lowest BCUT2D eigenvalue weighted by Gasteiger charge is -2.34. The first-order chi connectivity index (χ1) is 17.2. The van der Waals surface area contributed by atoms with Gasteiger partial charge in [0, 0.05) is 57.0 Å². The number of carbonyl (C=O) groups is 2. The van der Waals surface area contributed by atoms with Crippen LogP contribution in [0.1, 0.15) is 42.5 Å². The second-order valence-electron chi connectivity index (χ2n) is 8.47. The smallest absolute Gasteiger partial charge is 0.389 e. The number of nitrogens with one attached hydrogen (secondary N) is 1. The average Bonchev–Trinajstić information content (AvgIpc) is 2.84. The van der Waals surface area contributed by atoms with Crippen LogP contribution in [0, 0.1) is 0 Å². The standard InChI is InChI=1S/C22H24F2N6O5S/c23-22(24)5-10-30(11-6-22)19-17(13-16(14-26-19)29-8-2-1-3-9-29)20(31)27-15-4-7-25-18(12-15)35-21(32)28-36(33)34/h4,7,12-14H,1-3,5-6,8-11H2,(H,25,27,31). The third-order valence-corrected chi connectivity index (χ3v) is 6.24. The molecule has 36 heavy (non-hydrogen) atoms. The molecule has 0 radical (unpaired) electrons. The molecule has 0 aromatic carbocycles. The Kier molecular flexibility index (Phi) is 7.72. The number of amides is 2. The lowest BCUT2D eigenvalue weighted by atomic mass is 10.1. The molecule has 2 amide bonds. The molecular weight excluding hydrogens is 498 g/mol. The van der Waals surface area contributed by atoms with Gasteiger partial charge in [-0.1, -0.05) is 4.36 Å². The monoisotopic (exact) mass is 522 g/mol. The first-order valence-corrected chi connectivity index (χ1v) is 12.4. The fourth-order valence-corrected chi connectivity index (χ4v) is 4.31. The van der Waals surface area contributed by atoms with Crippen molar-refractivity contribution < 1.29 is 31.5 Å². The van der Waals surface area contributed by atoms with Gasteiger partial charge >= 0.3 is 16.6 Å². The highest BCUT2D eigenvalue weighted by Crippen LogP contribution is 2.33. The number of alkyl halides is 2. The summed E-state index contributed by atoms with van der Waals surface area (Å²) < 4.78 is 55.9. The van der Waals surface area contributed by atoms with Crippen LogP contribution < -0.4 is 19.9 Å². The Hall–Kier alpha value is -3.68. The van der Waals surface area contributed by atoms with Crippen molar-refractivity contribution in [3.63, 3.8) is 0 Å². The maximum absolute atomic E-state index is 13.7. The minimum absolute atomic E-state index is 0.0588. The molecule has 192 valence electrons. The van der Waals surface area contributed by atoms with E-state index in [1.165, 1.54) is 18.3 Å². The number of pyridine rings is 2. The fraction of sp³-hybridized carbons (Fsp3) is 0.455. The summed E-state index contributed by atoms with van der Waals surface area (Å²) >= 11 is 0. The summed E-state index contributed by atoms with van der Waals surface area (Å²) in [4.78, 5) is 36.9. The number of hydrogen-bond acceptors (Lipinski definition) is 9. The van der Waals surface area contributed by atoms with Crippen LogP contribution in [-0.2, 0) is 10.5 Å². The number of carbonyl (C=O) groups excluding carboxylic acids is 2. The van der Waals surface area contributed by atoms with Gasteiger partial charge in [0.1, 0.15) is 5.82 Å². The van der Waals surface area contributed by atoms with Gasteiger partial charge in [-0.05, 0) is 31.4 Å².